The van der Waals surface area contributed by atoms with Gasteiger partial charge in [0.05, 0.1) is 6.10 Å². The average molecular weight is 201 g/mol. The molecule has 86 valence electrons. The molecule has 0 aromatic rings. The molecule has 0 aliphatic carbocycles. The summed E-state index contributed by atoms with van der Waals surface area (Å²) in [4.78, 5) is 0. The predicted molar refractivity (Wildman–Crippen MR) is 62.3 cm³/mol. The van der Waals surface area contributed by atoms with Gasteiger partial charge in [-0.15, -0.1) is 0 Å². The largest absolute Gasteiger partial charge is 0.392 e. The van der Waals surface area contributed by atoms with Gasteiger partial charge in [-0.05, 0) is 18.4 Å². The number of hydrogen-bond acceptors (Lipinski definition) is 2. The zero-order valence-corrected chi connectivity index (χ0v) is 10.6. The molecule has 1 unspecified atom stereocenters. The van der Waals surface area contributed by atoms with Crippen molar-refractivity contribution in [2.24, 2.45) is 17.3 Å². The number of hydrogen-bond donors (Lipinski definition) is 2. The monoisotopic (exact) mass is 201 g/mol. The van der Waals surface area contributed by atoms with Gasteiger partial charge in [0, 0.05) is 12.0 Å². The Labute approximate surface area is 89.1 Å². The maximum Gasteiger partial charge on any atom is 0.0626 e. The fourth-order valence-electron chi connectivity index (χ4n) is 1.69. The van der Waals surface area contributed by atoms with E-state index in [1.54, 1.807) is 0 Å². The number of aliphatic hydroxyl groups excluding tert-OH is 1. The van der Waals surface area contributed by atoms with Crippen LogP contribution in [0.25, 0.3) is 0 Å². The van der Waals surface area contributed by atoms with E-state index >= 15 is 0 Å². The Kier molecular flexibility index (Phi) is 5.68. The molecule has 14 heavy (non-hydrogen) atoms. The highest BCUT2D eigenvalue weighted by atomic mass is 16.3. The molecule has 0 saturated carbocycles. The van der Waals surface area contributed by atoms with Crippen molar-refractivity contribution in [3.8, 4) is 0 Å². The van der Waals surface area contributed by atoms with E-state index in [1.165, 1.54) is 0 Å². The van der Waals surface area contributed by atoms with Crippen LogP contribution in [-0.4, -0.2) is 24.3 Å². The third-order valence-electron chi connectivity index (χ3n) is 2.57. The first-order chi connectivity index (χ1) is 6.27. The van der Waals surface area contributed by atoms with Crippen LogP contribution < -0.4 is 5.32 Å². The summed E-state index contributed by atoms with van der Waals surface area (Å²) in [6.07, 6.45) is -0.234. The number of nitrogens with one attached hydrogen (secondary N) is 1. The Bertz CT molecular complexity index is 152. The molecule has 0 bridgehead atoms. The second-order valence-corrected chi connectivity index (χ2v) is 5.70. The van der Waals surface area contributed by atoms with Crippen LogP contribution in [0.4, 0.5) is 0 Å². The molecule has 0 radical (unpaired) electrons. The molecule has 0 heterocycles. The summed E-state index contributed by atoms with van der Waals surface area (Å²) >= 11 is 0. The van der Waals surface area contributed by atoms with Crippen LogP contribution in [0.15, 0.2) is 0 Å². The zero-order chi connectivity index (χ0) is 11.4. The van der Waals surface area contributed by atoms with Gasteiger partial charge in [0.2, 0.25) is 0 Å². The molecule has 0 aromatic carbocycles. The van der Waals surface area contributed by atoms with E-state index in [-0.39, 0.29) is 11.5 Å². The molecule has 0 aromatic heterocycles. The van der Waals surface area contributed by atoms with Crippen molar-refractivity contribution in [3.05, 3.63) is 0 Å². The van der Waals surface area contributed by atoms with E-state index < -0.39 is 0 Å². The van der Waals surface area contributed by atoms with E-state index in [1.807, 2.05) is 0 Å². The maximum absolute atomic E-state index is 9.98. The van der Waals surface area contributed by atoms with Gasteiger partial charge in [0.25, 0.3) is 0 Å². The quantitative estimate of drug-likeness (QED) is 0.691. The Balaban J connectivity index is 3.94. The van der Waals surface area contributed by atoms with Crippen molar-refractivity contribution < 1.29 is 5.11 Å². The lowest BCUT2D eigenvalue weighted by Gasteiger charge is -2.33. The zero-order valence-electron chi connectivity index (χ0n) is 10.6. The van der Waals surface area contributed by atoms with Crippen LogP contribution in [0.5, 0.6) is 0 Å². The first kappa shape index (κ1) is 13.9. The van der Waals surface area contributed by atoms with Gasteiger partial charge < -0.3 is 10.4 Å². The topological polar surface area (TPSA) is 32.3 Å². The van der Waals surface area contributed by atoms with Gasteiger partial charge >= 0.3 is 0 Å². The van der Waals surface area contributed by atoms with Crippen LogP contribution in [0.3, 0.4) is 0 Å². The van der Waals surface area contributed by atoms with Crippen molar-refractivity contribution in [2.75, 3.05) is 13.1 Å². The standard InChI is InChI=1S/C12H27NO/c1-9(2)7-13-8-12(5,6)11(14)10(3)4/h9-11,13-14H,7-8H2,1-6H3. The summed E-state index contributed by atoms with van der Waals surface area (Å²) in [6, 6.07) is 0. The molecule has 0 rings (SSSR count). The first-order valence-corrected chi connectivity index (χ1v) is 5.66. The van der Waals surface area contributed by atoms with Gasteiger partial charge in [-0.25, -0.2) is 0 Å². The van der Waals surface area contributed by atoms with Crippen molar-refractivity contribution in [2.45, 2.75) is 47.6 Å². The maximum atomic E-state index is 9.98. The predicted octanol–water partition coefficient (Wildman–Crippen LogP) is 2.28. The van der Waals surface area contributed by atoms with E-state index in [0.717, 1.165) is 13.1 Å². The molecular formula is C12H27NO. The normalized spacial score (nSPS) is 15.2. The van der Waals surface area contributed by atoms with E-state index in [9.17, 15) is 5.11 Å². The molecule has 0 aliphatic rings. The summed E-state index contributed by atoms with van der Waals surface area (Å²) < 4.78 is 0. The third-order valence-corrected chi connectivity index (χ3v) is 2.57. The van der Waals surface area contributed by atoms with Gasteiger partial charge in [-0.2, -0.15) is 0 Å². The summed E-state index contributed by atoms with van der Waals surface area (Å²) in [6.45, 7) is 14.6. The SMILES string of the molecule is CC(C)CNCC(C)(C)C(O)C(C)C. The van der Waals surface area contributed by atoms with Gasteiger partial charge in [0.1, 0.15) is 0 Å². The van der Waals surface area contributed by atoms with Crippen molar-refractivity contribution in [3.63, 3.8) is 0 Å². The molecule has 0 aliphatic heterocycles. The van der Waals surface area contributed by atoms with Crippen LogP contribution in [0, 0.1) is 17.3 Å². The van der Waals surface area contributed by atoms with Crippen molar-refractivity contribution in [1.82, 2.24) is 5.32 Å². The molecular weight excluding hydrogens is 174 g/mol. The average Bonchev–Trinajstić information content (AvgIpc) is 2.01. The van der Waals surface area contributed by atoms with Gasteiger partial charge in [0.15, 0.2) is 0 Å². The lowest BCUT2D eigenvalue weighted by atomic mass is 9.80. The van der Waals surface area contributed by atoms with E-state index in [4.69, 9.17) is 0 Å². The van der Waals surface area contributed by atoms with E-state index in [0.29, 0.717) is 11.8 Å². The molecule has 0 fully saturated rings. The smallest absolute Gasteiger partial charge is 0.0626 e. The fourth-order valence-corrected chi connectivity index (χ4v) is 1.69. The summed E-state index contributed by atoms with van der Waals surface area (Å²) in [5.74, 6) is 0.993. The molecule has 2 heteroatoms. The van der Waals surface area contributed by atoms with Crippen molar-refractivity contribution >= 4 is 0 Å². The van der Waals surface area contributed by atoms with Crippen LogP contribution in [0.1, 0.15) is 41.5 Å². The minimum absolute atomic E-state index is 0.0386. The second kappa shape index (κ2) is 5.72. The van der Waals surface area contributed by atoms with Crippen LogP contribution in [0.2, 0.25) is 0 Å². The third kappa shape index (κ3) is 4.97. The number of rotatable bonds is 6. The van der Waals surface area contributed by atoms with Crippen LogP contribution >= 0.6 is 0 Å². The Morgan fingerprint density at radius 1 is 1.14 bits per heavy atom. The fraction of sp³-hybridized carbons (Fsp3) is 1.00. The lowest BCUT2D eigenvalue weighted by molar-refractivity contribution is 0.0134. The van der Waals surface area contributed by atoms with Gasteiger partial charge in [-0.1, -0.05) is 41.5 Å². The second-order valence-electron chi connectivity index (χ2n) is 5.70. The van der Waals surface area contributed by atoms with Crippen LogP contribution in [-0.2, 0) is 0 Å². The van der Waals surface area contributed by atoms with E-state index in [2.05, 4.69) is 46.9 Å². The Hall–Kier alpha value is -0.0800. The summed E-state index contributed by atoms with van der Waals surface area (Å²) in [7, 11) is 0. The summed E-state index contributed by atoms with van der Waals surface area (Å²) in [5.41, 5.74) is -0.0386. The first-order valence-electron chi connectivity index (χ1n) is 5.66. The Morgan fingerprint density at radius 3 is 2.00 bits per heavy atom. The minimum Gasteiger partial charge on any atom is -0.392 e. The highest BCUT2D eigenvalue weighted by Crippen LogP contribution is 2.24. The molecule has 2 nitrogen and oxygen atoms in total. The molecule has 1 atom stereocenters. The highest BCUT2D eigenvalue weighted by Gasteiger charge is 2.29. The highest BCUT2D eigenvalue weighted by molar-refractivity contribution is 4.82. The molecule has 0 spiro atoms. The molecule has 0 saturated heterocycles. The van der Waals surface area contributed by atoms with Gasteiger partial charge in [-0.3, -0.25) is 0 Å². The van der Waals surface area contributed by atoms with Crippen molar-refractivity contribution in [1.29, 1.82) is 0 Å². The molecule has 2 N–H and O–H groups in total. The number of aliphatic hydroxyl groups is 1. The Morgan fingerprint density at radius 2 is 1.64 bits per heavy atom. The minimum atomic E-state index is -0.234. The lowest BCUT2D eigenvalue weighted by Crippen LogP contribution is -2.42. The molecule has 0 amide bonds. The summed E-state index contributed by atoms with van der Waals surface area (Å²) in [5, 5.41) is 13.4.